The molecule has 4 aromatic rings. The minimum absolute atomic E-state index is 0.0718. The summed E-state index contributed by atoms with van der Waals surface area (Å²) in [6, 6.07) is 13.3. The zero-order chi connectivity index (χ0) is 27.5. The Morgan fingerprint density at radius 2 is 1.62 bits per heavy atom. The Hall–Kier alpha value is -4.14. The molecule has 0 radical (unpaired) electrons. The third-order valence-electron chi connectivity index (χ3n) is 6.53. The molecule has 2 aromatic carbocycles. The van der Waals surface area contributed by atoms with Crippen LogP contribution < -0.4 is 16.4 Å². The van der Waals surface area contributed by atoms with Crippen molar-refractivity contribution in [1.29, 1.82) is 0 Å². The maximum atomic E-state index is 12.4. The highest BCUT2D eigenvalue weighted by Gasteiger charge is 2.36. The molecule has 4 atom stereocenters. The quantitative estimate of drug-likeness (QED) is 0.180. The fourth-order valence-electron chi connectivity index (χ4n) is 4.40. The highest BCUT2D eigenvalue weighted by atomic mass is 16.5. The van der Waals surface area contributed by atoms with E-state index in [2.05, 4.69) is 25.6 Å². The van der Waals surface area contributed by atoms with Gasteiger partial charge in [0.1, 0.15) is 17.7 Å². The molecule has 13 nitrogen and oxygen atoms in total. The van der Waals surface area contributed by atoms with Gasteiger partial charge >= 0.3 is 6.03 Å². The average molecular weight is 536 g/mol. The van der Waals surface area contributed by atoms with Gasteiger partial charge in [-0.1, -0.05) is 12.1 Å². The first-order valence-corrected chi connectivity index (χ1v) is 12.3. The molecule has 3 heterocycles. The summed E-state index contributed by atoms with van der Waals surface area (Å²) in [4.78, 5) is 25.7. The predicted molar refractivity (Wildman–Crippen MR) is 143 cm³/mol. The number of aromatic nitrogens is 4. The molecule has 2 amide bonds. The van der Waals surface area contributed by atoms with Gasteiger partial charge < -0.3 is 46.1 Å². The largest absolute Gasteiger partial charge is 0.394 e. The van der Waals surface area contributed by atoms with E-state index in [-0.39, 0.29) is 32.0 Å². The predicted octanol–water partition coefficient (Wildman–Crippen LogP) is 1.08. The molecule has 39 heavy (non-hydrogen) atoms. The van der Waals surface area contributed by atoms with Gasteiger partial charge in [-0.15, -0.1) is 0 Å². The van der Waals surface area contributed by atoms with Crippen LogP contribution in [0.1, 0.15) is 12.0 Å². The SMILES string of the molecule is Nc1nc(-c2ccc(NC(=O)Nc3ccc(CO)cc3)cc2)nc2c1ncn2C[C@@H]1O[C@H](CO)C(O)C[C@@H]1O. The van der Waals surface area contributed by atoms with Crippen LogP contribution >= 0.6 is 0 Å². The van der Waals surface area contributed by atoms with Crippen molar-refractivity contribution in [1.82, 2.24) is 19.5 Å². The van der Waals surface area contributed by atoms with Crippen LogP contribution in [-0.4, -0.2) is 77.0 Å². The topological polar surface area (TPSA) is 201 Å². The summed E-state index contributed by atoms with van der Waals surface area (Å²) in [5, 5.41) is 44.4. The molecular weight excluding hydrogens is 506 g/mol. The fourth-order valence-corrected chi connectivity index (χ4v) is 4.40. The first-order valence-electron chi connectivity index (χ1n) is 12.3. The van der Waals surface area contributed by atoms with Crippen molar-refractivity contribution in [2.24, 2.45) is 0 Å². The lowest BCUT2D eigenvalue weighted by Crippen LogP contribution is -2.50. The summed E-state index contributed by atoms with van der Waals surface area (Å²) >= 11 is 0. The number of benzene rings is 2. The first-order chi connectivity index (χ1) is 18.8. The van der Waals surface area contributed by atoms with Crippen LogP contribution in [0.4, 0.5) is 22.0 Å². The number of nitrogens with one attached hydrogen (secondary N) is 2. The molecule has 1 unspecified atom stereocenters. The van der Waals surface area contributed by atoms with Crippen molar-refractivity contribution in [2.45, 2.75) is 44.0 Å². The molecule has 13 heteroatoms. The van der Waals surface area contributed by atoms with Gasteiger partial charge in [0.25, 0.3) is 0 Å². The second-order valence-electron chi connectivity index (χ2n) is 9.28. The lowest BCUT2D eigenvalue weighted by Gasteiger charge is -2.36. The molecule has 1 fully saturated rings. The zero-order valence-electron chi connectivity index (χ0n) is 20.8. The van der Waals surface area contributed by atoms with Gasteiger partial charge in [0, 0.05) is 23.4 Å². The molecule has 1 aliphatic heterocycles. The van der Waals surface area contributed by atoms with Gasteiger partial charge in [0.2, 0.25) is 0 Å². The number of amides is 2. The summed E-state index contributed by atoms with van der Waals surface area (Å²) in [6.07, 6.45) is -1.75. The van der Waals surface area contributed by atoms with Gasteiger partial charge in [0.05, 0.1) is 38.3 Å². The molecular formula is C26H29N7O6. The lowest BCUT2D eigenvalue weighted by molar-refractivity contribution is -0.182. The smallest absolute Gasteiger partial charge is 0.323 e. The third-order valence-corrected chi connectivity index (χ3v) is 6.53. The molecule has 2 aromatic heterocycles. The summed E-state index contributed by atoms with van der Waals surface area (Å²) in [5.74, 6) is 0.520. The molecule has 1 aliphatic rings. The van der Waals surface area contributed by atoms with Crippen LogP contribution in [0.2, 0.25) is 0 Å². The van der Waals surface area contributed by atoms with E-state index in [1.54, 1.807) is 53.1 Å². The number of hydrogen-bond donors (Lipinski definition) is 7. The Bertz CT molecular complexity index is 1440. The number of carbonyl (C=O) groups is 1. The van der Waals surface area contributed by atoms with Crippen molar-refractivity contribution in [2.75, 3.05) is 23.0 Å². The number of nitrogens with two attached hydrogens (primary N) is 1. The molecule has 5 rings (SSSR count). The van der Waals surface area contributed by atoms with Crippen LogP contribution in [0.25, 0.3) is 22.6 Å². The monoisotopic (exact) mass is 535 g/mol. The van der Waals surface area contributed by atoms with Gasteiger partial charge in [-0.05, 0) is 42.0 Å². The number of ether oxygens (including phenoxy) is 1. The number of aliphatic hydroxyl groups excluding tert-OH is 4. The van der Waals surface area contributed by atoms with E-state index in [1.807, 2.05) is 0 Å². The summed E-state index contributed by atoms with van der Waals surface area (Å²) in [5.41, 5.74) is 9.53. The van der Waals surface area contributed by atoms with Gasteiger partial charge in [-0.25, -0.2) is 19.7 Å². The Kier molecular flexibility index (Phi) is 7.67. The van der Waals surface area contributed by atoms with Crippen LogP contribution in [0.5, 0.6) is 0 Å². The van der Waals surface area contributed by atoms with E-state index in [4.69, 9.17) is 15.6 Å². The van der Waals surface area contributed by atoms with Crippen LogP contribution in [0, 0.1) is 0 Å². The third kappa shape index (κ3) is 5.82. The number of aliphatic hydroxyl groups is 4. The molecule has 0 bridgehead atoms. The van der Waals surface area contributed by atoms with Crippen molar-refractivity contribution in [3.05, 3.63) is 60.4 Å². The van der Waals surface area contributed by atoms with Gasteiger partial charge in [-0.3, -0.25) is 0 Å². The highest BCUT2D eigenvalue weighted by Crippen LogP contribution is 2.26. The number of nitrogens with zero attached hydrogens (tertiary/aromatic N) is 4. The number of imidazole rings is 1. The van der Waals surface area contributed by atoms with Crippen molar-refractivity contribution < 1.29 is 30.0 Å². The number of carbonyl (C=O) groups excluding carboxylic acids is 1. The molecule has 204 valence electrons. The van der Waals surface area contributed by atoms with E-state index in [1.165, 1.54) is 6.33 Å². The van der Waals surface area contributed by atoms with E-state index in [0.717, 1.165) is 5.56 Å². The normalized spacial score (nSPS) is 21.1. The van der Waals surface area contributed by atoms with Gasteiger partial charge in [-0.2, -0.15) is 0 Å². The van der Waals surface area contributed by atoms with E-state index in [9.17, 15) is 20.1 Å². The number of rotatable bonds is 7. The summed E-state index contributed by atoms with van der Waals surface area (Å²) in [6.45, 7) is -0.256. The molecule has 1 saturated heterocycles. The molecule has 8 N–H and O–H groups in total. The Balaban J connectivity index is 1.30. The molecule has 0 saturated carbocycles. The zero-order valence-corrected chi connectivity index (χ0v) is 20.8. The fraction of sp³-hybridized carbons (Fsp3) is 0.308. The Labute approximate surface area is 222 Å². The van der Waals surface area contributed by atoms with Crippen LogP contribution in [0.3, 0.4) is 0 Å². The number of anilines is 3. The van der Waals surface area contributed by atoms with Gasteiger partial charge in [0.15, 0.2) is 17.3 Å². The maximum absolute atomic E-state index is 12.4. The minimum atomic E-state index is -0.952. The minimum Gasteiger partial charge on any atom is -0.394 e. The first kappa shape index (κ1) is 26.5. The highest BCUT2D eigenvalue weighted by molar-refractivity contribution is 5.99. The van der Waals surface area contributed by atoms with Crippen LogP contribution in [-0.2, 0) is 17.9 Å². The van der Waals surface area contributed by atoms with E-state index in [0.29, 0.717) is 33.9 Å². The number of hydrogen-bond acceptors (Lipinski definition) is 10. The van der Waals surface area contributed by atoms with Crippen LogP contribution in [0.15, 0.2) is 54.9 Å². The number of fused-ring (bicyclic) bond motifs is 1. The van der Waals surface area contributed by atoms with Crippen molar-refractivity contribution in [3.8, 4) is 11.4 Å². The Morgan fingerprint density at radius 1 is 0.974 bits per heavy atom. The molecule has 0 aliphatic carbocycles. The van der Waals surface area contributed by atoms with E-state index >= 15 is 0 Å². The van der Waals surface area contributed by atoms with Crippen molar-refractivity contribution >= 4 is 34.4 Å². The maximum Gasteiger partial charge on any atom is 0.323 e. The average Bonchev–Trinajstić information content (AvgIpc) is 3.34. The number of nitrogen functional groups attached to an aromatic ring is 1. The second kappa shape index (κ2) is 11.3. The second-order valence-corrected chi connectivity index (χ2v) is 9.28. The Morgan fingerprint density at radius 3 is 2.26 bits per heavy atom. The van der Waals surface area contributed by atoms with E-state index < -0.39 is 30.4 Å². The standard InChI is InChI=1S/C26H29N7O6/c27-23-22-25(33(13-28-22)10-20-18(36)9-19(37)21(12-35)39-20)32-24(31-23)15-3-7-17(8-4-15)30-26(38)29-16-5-1-14(11-34)2-6-16/h1-8,13,18-21,34-37H,9-12H2,(H2,27,31,32)(H2,29,30,38)/t18-,19?,20-,21+/m0/s1. The number of urea groups is 1. The summed E-state index contributed by atoms with van der Waals surface area (Å²) < 4.78 is 7.38. The summed E-state index contributed by atoms with van der Waals surface area (Å²) in [7, 11) is 0. The lowest BCUT2D eigenvalue weighted by atomic mass is 9.98. The van der Waals surface area contributed by atoms with Crippen molar-refractivity contribution in [3.63, 3.8) is 0 Å². The molecule has 0 spiro atoms.